The lowest BCUT2D eigenvalue weighted by Crippen LogP contribution is -2.41. The molecule has 1 N–H and O–H groups in total. The van der Waals surface area contributed by atoms with Gasteiger partial charge in [0.2, 0.25) is 0 Å². The molecule has 6 heteroatoms. The third-order valence-electron chi connectivity index (χ3n) is 6.60. The van der Waals surface area contributed by atoms with Crippen molar-refractivity contribution < 1.29 is 14.0 Å². The number of nitrogens with zero attached hydrogens (tertiary/aromatic N) is 2. The predicted octanol–water partition coefficient (Wildman–Crippen LogP) is 5.43. The Morgan fingerprint density at radius 1 is 0.971 bits per heavy atom. The topological polar surface area (TPSA) is 71.4 Å². The number of pyridine rings is 1. The summed E-state index contributed by atoms with van der Waals surface area (Å²) < 4.78 is 13.7. The van der Waals surface area contributed by atoms with Crippen molar-refractivity contribution in [1.82, 2.24) is 4.98 Å². The van der Waals surface area contributed by atoms with Crippen LogP contribution in [0.15, 0.2) is 95.4 Å². The van der Waals surface area contributed by atoms with Crippen molar-refractivity contribution in [2.75, 3.05) is 5.32 Å². The Morgan fingerprint density at radius 2 is 1.76 bits per heavy atom. The summed E-state index contributed by atoms with van der Waals surface area (Å²) in [6.07, 6.45) is 4.42. The maximum atomic E-state index is 13.7. The first-order valence-electron chi connectivity index (χ1n) is 11.3. The highest BCUT2D eigenvalue weighted by Gasteiger charge is 2.45. The molecule has 1 aromatic heterocycles. The number of allylic oxidation sites excluding steroid dienone is 1. The summed E-state index contributed by atoms with van der Waals surface area (Å²) in [6.45, 7) is 1.80. The third-order valence-corrected chi connectivity index (χ3v) is 6.60. The van der Waals surface area contributed by atoms with E-state index in [0.29, 0.717) is 29.8 Å². The normalized spacial score (nSPS) is 22.1. The van der Waals surface area contributed by atoms with Crippen LogP contribution in [0, 0.1) is 11.7 Å². The molecule has 0 unspecified atom stereocenters. The molecule has 2 aliphatic rings. The maximum Gasteiger partial charge on any atom is 0.254 e. The molecule has 34 heavy (non-hydrogen) atoms. The lowest BCUT2D eigenvalue weighted by molar-refractivity contribution is -0.122. The number of aromatic nitrogens is 1. The fourth-order valence-corrected chi connectivity index (χ4v) is 5.12. The van der Waals surface area contributed by atoms with Gasteiger partial charge in [0.05, 0.1) is 5.92 Å². The fourth-order valence-electron chi connectivity index (χ4n) is 5.12. The van der Waals surface area contributed by atoms with Crippen LogP contribution < -0.4 is 5.32 Å². The number of ketones is 1. The van der Waals surface area contributed by atoms with E-state index in [1.165, 1.54) is 18.2 Å². The molecule has 5 nitrogen and oxygen atoms in total. The second-order valence-electron chi connectivity index (χ2n) is 8.79. The average Bonchev–Trinajstić information content (AvgIpc) is 2.84. The van der Waals surface area contributed by atoms with Crippen molar-refractivity contribution in [2.24, 2.45) is 10.9 Å². The number of hydrogen-bond acceptors (Lipinski definition) is 4. The monoisotopic (exact) mass is 453 g/mol. The van der Waals surface area contributed by atoms with Crippen molar-refractivity contribution in [3.05, 3.63) is 107 Å². The Kier molecular flexibility index (Phi) is 5.88. The summed E-state index contributed by atoms with van der Waals surface area (Å²) in [5, 5.41) is 2.79. The first-order chi connectivity index (χ1) is 16.5. The quantitative estimate of drug-likeness (QED) is 0.572. The molecular formula is C28H24FN3O2. The van der Waals surface area contributed by atoms with Gasteiger partial charge in [-0.2, -0.15) is 0 Å². The van der Waals surface area contributed by atoms with Gasteiger partial charge in [-0.1, -0.05) is 42.5 Å². The van der Waals surface area contributed by atoms with Crippen LogP contribution in [0.3, 0.4) is 0 Å². The van der Waals surface area contributed by atoms with E-state index in [-0.39, 0.29) is 11.7 Å². The number of benzene rings is 2. The number of amides is 1. The van der Waals surface area contributed by atoms with E-state index in [4.69, 9.17) is 4.99 Å². The van der Waals surface area contributed by atoms with E-state index < -0.39 is 23.6 Å². The molecule has 1 fully saturated rings. The summed E-state index contributed by atoms with van der Waals surface area (Å²) in [6, 6.07) is 19.4. The largest absolute Gasteiger partial charge is 0.322 e. The van der Waals surface area contributed by atoms with Gasteiger partial charge < -0.3 is 5.32 Å². The molecule has 0 saturated heterocycles. The molecule has 3 atom stereocenters. The molecule has 1 aliphatic carbocycles. The van der Waals surface area contributed by atoms with E-state index >= 15 is 0 Å². The molecule has 2 heterocycles. The van der Waals surface area contributed by atoms with Crippen LogP contribution in [-0.2, 0) is 9.59 Å². The number of hydrogen-bond donors (Lipinski definition) is 1. The van der Waals surface area contributed by atoms with Crippen molar-refractivity contribution in [3.63, 3.8) is 0 Å². The lowest BCUT2D eigenvalue weighted by atomic mass is 9.66. The SMILES string of the molecule is CC1=C(C(=O)Nc2cccc(F)c2)[C@H](c2cccnc2)[C@@H]2C(=O)C[C@@H](c3ccccc3)CC2=N1. The number of rotatable bonds is 4. The predicted molar refractivity (Wildman–Crippen MR) is 129 cm³/mol. The van der Waals surface area contributed by atoms with Crippen LogP contribution in [0.2, 0.25) is 0 Å². The van der Waals surface area contributed by atoms with E-state index in [1.807, 2.05) is 36.4 Å². The number of nitrogens with one attached hydrogen (secondary N) is 1. The van der Waals surface area contributed by atoms with Crippen molar-refractivity contribution in [1.29, 1.82) is 0 Å². The van der Waals surface area contributed by atoms with Gasteiger partial charge in [0, 0.05) is 47.4 Å². The van der Waals surface area contributed by atoms with Gasteiger partial charge in [-0.15, -0.1) is 0 Å². The third kappa shape index (κ3) is 4.19. The molecule has 0 spiro atoms. The number of Topliss-reactive ketones (excluding diaryl/α,β-unsaturated/α-hetero) is 1. The molecule has 1 saturated carbocycles. The summed E-state index contributed by atoms with van der Waals surface area (Å²) in [5.41, 5.74) is 4.04. The average molecular weight is 454 g/mol. The van der Waals surface area contributed by atoms with Crippen LogP contribution in [-0.4, -0.2) is 22.4 Å². The van der Waals surface area contributed by atoms with E-state index in [0.717, 1.165) is 16.8 Å². The standard InChI is InChI=1S/C28H24FN3O2/c1-17-25(28(34)32-22-11-5-10-21(29)15-22)26(19-9-6-12-30-16-19)27-23(31-17)13-20(14-24(27)33)18-7-3-2-4-8-18/h2-12,15-16,20,26-27H,13-14H2,1H3,(H,32,34)/t20-,26-,27-/m0/s1. The van der Waals surface area contributed by atoms with Crippen molar-refractivity contribution in [3.8, 4) is 0 Å². The van der Waals surface area contributed by atoms with Crippen LogP contribution >= 0.6 is 0 Å². The second-order valence-corrected chi connectivity index (χ2v) is 8.79. The minimum atomic E-state index is -0.527. The van der Waals surface area contributed by atoms with Gasteiger partial charge in [0.1, 0.15) is 11.6 Å². The van der Waals surface area contributed by atoms with Gasteiger partial charge in [0.25, 0.3) is 5.91 Å². The highest BCUT2D eigenvalue weighted by molar-refractivity contribution is 6.14. The summed E-state index contributed by atoms with van der Waals surface area (Å²) in [5.74, 6) is -1.73. The minimum absolute atomic E-state index is 0.0636. The summed E-state index contributed by atoms with van der Waals surface area (Å²) in [7, 11) is 0. The first kappa shape index (κ1) is 21.9. The summed E-state index contributed by atoms with van der Waals surface area (Å²) in [4.78, 5) is 36.0. The van der Waals surface area contributed by atoms with E-state index in [1.54, 1.807) is 31.5 Å². The maximum absolute atomic E-state index is 13.7. The lowest BCUT2D eigenvalue weighted by Gasteiger charge is -2.38. The Morgan fingerprint density at radius 3 is 2.50 bits per heavy atom. The van der Waals surface area contributed by atoms with Gasteiger partial charge >= 0.3 is 0 Å². The van der Waals surface area contributed by atoms with Crippen LogP contribution in [0.4, 0.5) is 10.1 Å². The Balaban J connectivity index is 1.56. The Bertz CT molecular complexity index is 1300. The smallest absolute Gasteiger partial charge is 0.254 e. The van der Waals surface area contributed by atoms with Gasteiger partial charge in [-0.25, -0.2) is 4.39 Å². The highest BCUT2D eigenvalue weighted by Crippen LogP contribution is 2.45. The van der Waals surface area contributed by atoms with Gasteiger partial charge in [-0.3, -0.25) is 19.6 Å². The first-order valence-corrected chi connectivity index (χ1v) is 11.3. The molecule has 2 aromatic carbocycles. The van der Waals surface area contributed by atoms with Gasteiger partial charge in [-0.05, 0) is 54.7 Å². The molecule has 1 aliphatic heterocycles. The van der Waals surface area contributed by atoms with E-state index in [9.17, 15) is 14.0 Å². The number of fused-ring (bicyclic) bond motifs is 1. The second kappa shape index (κ2) is 9.14. The van der Waals surface area contributed by atoms with Crippen molar-refractivity contribution in [2.45, 2.75) is 31.6 Å². The molecular weight excluding hydrogens is 429 g/mol. The molecule has 170 valence electrons. The van der Waals surface area contributed by atoms with Crippen LogP contribution in [0.5, 0.6) is 0 Å². The molecule has 3 aromatic rings. The fraction of sp³-hybridized carbons (Fsp3) is 0.214. The molecule has 5 rings (SSSR count). The molecule has 0 radical (unpaired) electrons. The molecule has 0 bridgehead atoms. The number of aliphatic imine (C=N–C) groups is 1. The number of anilines is 1. The molecule has 1 amide bonds. The number of carbonyl (C=O) groups is 2. The van der Waals surface area contributed by atoms with Gasteiger partial charge in [0.15, 0.2) is 0 Å². The zero-order valence-corrected chi connectivity index (χ0v) is 18.7. The summed E-state index contributed by atoms with van der Waals surface area (Å²) >= 11 is 0. The van der Waals surface area contributed by atoms with Crippen LogP contribution in [0.1, 0.15) is 42.7 Å². The minimum Gasteiger partial charge on any atom is -0.322 e. The zero-order valence-electron chi connectivity index (χ0n) is 18.7. The van der Waals surface area contributed by atoms with E-state index in [2.05, 4.69) is 10.3 Å². The highest BCUT2D eigenvalue weighted by atomic mass is 19.1. The number of carbonyl (C=O) groups excluding carboxylic acids is 2. The number of halogens is 1. The van der Waals surface area contributed by atoms with Crippen molar-refractivity contribution >= 4 is 23.1 Å². The zero-order chi connectivity index (χ0) is 23.7. The Labute approximate surface area is 197 Å². The Hall–Kier alpha value is -3.93. The van der Waals surface area contributed by atoms with Crippen LogP contribution in [0.25, 0.3) is 0 Å².